The van der Waals surface area contributed by atoms with E-state index in [0.29, 0.717) is 5.69 Å². The van der Waals surface area contributed by atoms with Gasteiger partial charge >= 0.3 is 5.69 Å². The van der Waals surface area contributed by atoms with Gasteiger partial charge < -0.3 is 5.11 Å². The highest BCUT2D eigenvalue weighted by atomic mass is 16.6. The molecule has 0 atom stereocenters. The second-order valence-corrected chi connectivity index (χ2v) is 10.1. The fourth-order valence-electron chi connectivity index (χ4n) is 3.64. The van der Waals surface area contributed by atoms with Gasteiger partial charge in [-0.2, -0.15) is 10.2 Å². The first-order valence-electron chi connectivity index (χ1n) is 10.8. The van der Waals surface area contributed by atoms with Crippen molar-refractivity contribution in [2.45, 2.75) is 59.3 Å². The molecule has 0 amide bonds. The predicted molar refractivity (Wildman–Crippen MR) is 132 cm³/mol. The van der Waals surface area contributed by atoms with E-state index in [1.807, 2.05) is 84.0 Å². The highest BCUT2D eigenvalue weighted by Gasteiger charge is 2.27. The lowest BCUT2D eigenvalue weighted by Crippen LogP contribution is -2.18. The number of aryl methyl sites for hydroxylation is 1. The van der Waals surface area contributed by atoms with Gasteiger partial charge in [0.15, 0.2) is 0 Å². The Morgan fingerprint density at radius 3 is 2.09 bits per heavy atom. The van der Waals surface area contributed by atoms with Gasteiger partial charge in [-0.25, -0.2) is 4.68 Å². The number of nitrogens with one attached hydrogen (secondary N) is 1. The maximum atomic E-state index is 11.7. The van der Waals surface area contributed by atoms with E-state index in [-0.39, 0.29) is 33.8 Å². The van der Waals surface area contributed by atoms with Gasteiger partial charge in [0.1, 0.15) is 11.4 Å². The third-order valence-corrected chi connectivity index (χ3v) is 5.34. The van der Waals surface area contributed by atoms with Gasteiger partial charge in [-0.1, -0.05) is 59.7 Å². The first kappa shape index (κ1) is 24.0. The van der Waals surface area contributed by atoms with Crippen LogP contribution < -0.4 is 5.43 Å². The standard InChI is InChI=1S/C25H31N5O3/c1-16-21(30(32)33)23(29(28-16)18-11-9-8-10-12-18)27-26-15-17-13-19(24(2,3)4)22(31)20(14-17)25(5,6)7/h8-15,27,31H,1-7H3/b26-15+. The normalized spacial score (nSPS) is 12.3. The Morgan fingerprint density at radius 2 is 1.61 bits per heavy atom. The summed E-state index contributed by atoms with van der Waals surface area (Å²) in [6, 6.07) is 13.0. The van der Waals surface area contributed by atoms with Crippen LogP contribution in [0.1, 0.15) is 63.9 Å². The first-order chi connectivity index (χ1) is 15.3. The largest absolute Gasteiger partial charge is 0.507 e. The molecule has 8 nitrogen and oxygen atoms in total. The Hall–Kier alpha value is -3.68. The molecule has 0 aliphatic rings. The number of benzene rings is 2. The van der Waals surface area contributed by atoms with E-state index in [9.17, 15) is 15.2 Å². The molecular formula is C25H31N5O3. The van der Waals surface area contributed by atoms with Crippen molar-refractivity contribution in [3.8, 4) is 11.4 Å². The zero-order valence-electron chi connectivity index (χ0n) is 20.2. The topological polar surface area (TPSA) is 106 Å². The maximum absolute atomic E-state index is 11.7. The molecule has 0 aliphatic heterocycles. The number of para-hydroxylation sites is 1. The van der Waals surface area contributed by atoms with Crippen molar-refractivity contribution in [1.29, 1.82) is 0 Å². The summed E-state index contributed by atoms with van der Waals surface area (Å²) >= 11 is 0. The van der Waals surface area contributed by atoms with Gasteiger partial charge in [0, 0.05) is 11.1 Å². The lowest BCUT2D eigenvalue weighted by atomic mass is 9.78. The number of aromatic nitrogens is 2. The molecule has 1 heterocycles. The van der Waals surface area contributed by atoms with Crippen LogP contribution in [0.4, 0.5) is 11.5 Å². The molecule has 0 unspecified atom stereocenters. The Bertz CT molecular complexity index is 1160. The van der Waals surface area contributed by atoms with Crippen molar-refractivity contribution >= 4 is 17.7 Å². The number of hydrazone groups is 1. The molecule has 0 spiro atoms. The summed E-state index contributed by atoms with van der Waals surface area (Å²) in [5.41, 5.74) is 5.52. The molecule has 174 valence electrons. The van der Waals surface area contributed by atoms with Gasteiger partial charge in [-0.3, -0.25) is 15.5 Å². The van der Waals surface area contributed by atoms with Crippen LogP contribution in [0.5, 0.6) is 5.75 Å². The smallest absolute Gasteiger partial charge is 0.335 e. The summed E-state index contributed by atoms with van der Waals surface area (Å²) in [4.78, 5) is 11.2. The van der Waals surface area contributed by atoms with Crippen LogP contribution in [0.25, 0.3) is 5.69 Å². The number of aromatic hydroxyl groups is 1. The summed E-state index contributed by atoms with van der Waals surface area (Å²) in [5.74, 6) is 0.458. The van der Waals surface area contributed by atoms with E-state index in [0.717, 1.165) is 16.7 Å². The van der Waals surface area contributed by atoms with Crippen molar-refractivity contribution in [2.24, 2.45) is 5.10 Å². The Kier molecular flexibility index (Phi) is 6.31. The quantitative estimate of drug-likeness (QED) is 0.289. The Balaban J connectivity index is 2.05. The van der Waals surface area contributed by atoms with E-state index in [2.05, 4.69) is 15.6 Å². The summed E-state index contributed by atoms with van der Waals surface area (Å²) in [5, 5.41) is 31.3. The van der Waals surface area contributed by atoms with Crippen LogP contribution in [-0.4, -0.2) is 26.0 Å². The Morgan fingerprint density at radius 1 is 1.06 bits per heavy atom. The minimum absolute atomic E-state index is 0.132. The van der Waals surface area contributed by atoms with Gasteiger partial charge in [-0.15, -0.1) is 0 Å². The molecule has 8 heteroatoms. The molecule has 3 rings (SSSR count). The van der Waals surface area contributed by atoms with Gasteiger partial charge in [0.2, 0.25) is 5.82 Å². The SMILES string of the molecule is Cc1nn(-c2ccccc2)c(N/N=C/c2cc(C(C)(C)C)c(O)c(C(C)(C)C)c2)c1[N+](=O)[O-]. The molecule has 1 aromatic heterocycles. The number of hydrogen-bond donors (Lipinski definition) is 2. The van der Waals surface area contributed by atoms with Crippen molar-refractivity contribution in [3.63, 3.8) is 0 Å². The summed E-state index contributed by atoms with van der Waals surface area (Å²) in [6.07, 6.45) is 1.60. The van der Waals surface area contributed by atoms with Crippen LogP contribution in [0.2, 0.25) is 0 Å². The summed E-state index contributed by atoms with van der Waals surface area (Å²) in [6.45, 7) is 13.8. The highest BCUT2D eigenvalue weighted by molar-refractivity contribution is 5.82. The highest BCUT2D eigenvalue weighted by Crippen LogP contribution is 2.39. The second-order valence-electron chi connectivity index (χ2n) is 10.1. The molecule has 0 aliphatic carbocycles. The number of hydrogen-bond acceptors (Lipinski definition) is 6. The van der Waals surface area contributed by atoms with Gasteiger partial charge in [0.05, 0.1) is 16.8 Å². The molecule has 33 heavy (non-hydrogen) atoms. The minimum Gasteiger partial charge on any atom is -0.507 e. The molecular weight excluding hydrogens is 418 g/mol. The van der Waals surface area contributed by atoms with Crippen LogP contribution in [-0.2, 0) is 10.8 Å². The second kappa shape index (κ2) is 8.69. The van der Waals surface area contributed by atoms with E-state index >= 15 is 0 Å². The number of nitro groups is 1. The van der Waals surface area contributed by atoms with E-state index < -0.39 is 4.92 Å². The summed E-state index contributed by atoms with van der Waals surface area (Å²) in [7, 11) is 0. The predicted octanol–water partition coefficient (Wildman–Crippen LogP) is 5.84. The van der Waals surface area contributed by atoms with E-state index in [4.69, 9.17) is 0 Å². The fraction of sp³-hybridized carbons (Fsp3) is 0.360. The zero-order valence-corrected chi connectivity index (χ0v) is 20.2. The lowest BCUT2D eigenvalue weighted by Gasteiger charge is -2.27. The first-order valence-corrected chi connectivity index (χ1v) is 10.8. The number of rotatable bonds is 5. The van der Waals surface area contributed by atoms with E-state index in [1.165, 1.54) is 4.68 Å². The molecule has 0 saturated carbocycles. The average Bonchev–Trinajstić information content (AvgIpc) is 3.04. The lowest BCUT2D eigenvalue weighted by molar-refractivity contribution is -0.384. The van der Waals surface area contributed by atoms with Crippen molar-refractivity contribution in [2.75, 3.05) is 5.43 Å². The van der Waals surface area contributed by atoms with E-state index in [1.54, 1.807) is 13.1 Å². The van der Waals surface area contributed by atoms with Crippen LogP contribution in [0.15, 0.2) is 47.6 Å². The molecule has 3 aromatic rings. The monoisotopic (exact) mass is 449 g/mol. The molecule has 0 bridgehead atoms. The van der Waals surface area contributed by atoms with Crippen LogP contribution >= 0.6 is 0 Å². The average molecular weight is 450 g/mol. The molecule has 2 N–H and O–H groups in total. The number of phenolic OH excluding ortho intramolecular Hbond substituents is 1. The number of anilines is 1. The molecule has 0 fully saturated rings. The minimum atomic E-state index is -0.463. The Labute approximate surface area is 194 Å². The van der Waals surface area contributed by atoms with Crippen molar-refractivity contribution in [3.05, 3.63) is 75.0 Å². The van der Waals surface area contributed by atoms with Gasteiger partial charge in [0.25, 0.3) is 0 Å². The zero-order chi connectivity index (χ0) is 24.6. The van der Waals surface area contributed by atoms with Crippen molar-refractivity contribution < 1.29 is 10.0 Å². The third-order valence-electron chi connectivity index (χ3n) is 5.34. The van der Waals surface area contributed by atoms with Crippen molar-refractivity contribution in [1.82, 2.24) is 9.78 Å². The molecule has 0 radical (unpaired) electrons. The van der Waals surface area contributed by atoms with Crippen LogP contribution in [0.3, 0.4) is 0 Å². The fourth-order valence-corrected chi connectivity index (χ4v) is 3.64. The maximum Gasteiger partial charge on any atom is 0.335 e. The summed E-state index contributed by atoms with van der Waals surface area (Å²) < 4.78 is 1.47. The third kappa shape index (κ3) is 5.05. The molecule has 2 aromatic carbocycles. The van der Waals surface area contributed by atoms with Gasteiger partial charge in [-0.05, 0) is 47.6 Å². The van der Waals surface area contributed by atoms with Crippen LogP contribution in [0, 0.1) is 17.0 Å². The number of nitrogens with zero attached hydrogens (tertiary/aromatic N) is 4. The molecule has 0 saturated heterocycles. The number of phenols is 1.